The first kappa shape index (κ1) is 23.7. The molecule has 11 nitrogen and oxygen atoms in total. The molecule has 13 heteroatoms. The fourth-order valence-corrected chi connectivity index (χ4v) is 5.05. The van der Waals surface area contributed by atoms with Crippen molar-refractivity contribution in [2.45, 2.75) is 6.92 Å². The Balaban J connectivity index is 1.79. The number of hydrogen-bond acceptors (Lipinski definition) is 11. The van der Waals surface area contributed by atoms with Crippen LogP contribution in [0.3, 0.4) is 0 Å². The minimum absolute atomic E-state index is 0.176. The Bertz CT molecular complexity index is 1390. The summed E-state index contributed by atoms with van der Waals surface area (Å²) < 4.78 is 32.9. The van der Waals surface area contributed by atoms with Crippen molar-refractivity contribution < 1.29 is 13.2 Å². The maximum Gasteiger partial charge on any atom is 0.250 e. The predicted molar refractivity (Wildman–Crippen MR) is 135 cm³/mol. The fourth-order valence-electron chi connectivity index (χ4n) is 3.35. The number of nitrogens with zero attached hydrogens (tertiary/aromatic N) is 6. The second kappa shape index (κ2) is 9.83. The number of fused-ring (bicyclic) bond motifs is 1. The molecule has 0 unspecified atom stereocenters. The number of anilines is 2. The van der Waals surface area contributed by atoms with Crippen LogP contribution in [-0.2, 0) is 14.8 Å². The fraction of sp³-hybridized carbons (Fsp3) is 0.286. The summed E-state index contributed by atoms with van der Waals surface area (Å²) in [5.74, 6) is 1.46. The van der Waals surface area contributed by atoms with Crippen molar-refractivity contribution in [2.24, 2.45) is 10.1 Å². The van der Waals surface area contributed by atoms with E-state index in [0.29, 0.717) is 49.0 Å². The van der Waals surface area contributed by atoms with Gasteiger partial charge >= 0.3 is 0 Å². The number of allylic oxidation sites excluding steroid dienone is 3. The summed E-state index contributed by atoms with van der Waals surface area (Å²) in [6, 6.07) is 1.93. The molecule has 0 saturated carbocycles. The van der Waals surface area contributed by atoms with E-state index in [-0.39, 0.29) is 5.95 Å². The van der Waals surface area contributed by atoms with Gasteiger partial charge in [0.15, 0.2) is 11.6 Å². The van der Waals surface area contributed by atoms with E-state index in [2.05, 4.69) is 19.3 Å². The number of thiophene rings is 1. The van der Waals surface area contributed by atoms with Crippen LogP contribution in [0.4, 0.5) is 11.8 Å². The van der Waals surface area contributed by atoms with Crippen LogP contribution in [0.15, 0.2) is 41.2 Å². The molecule has 0 bridgehead atoms. The summed E-state index contributed by atoms with van der Waals surface area (Å²) in [7, 11) is -3.48. The highest BCUT2D eigenvalue weighted by molar-refractivity contribution is 7.89. The lowest BCUT2D eigenvalue weighted by atomic mass is 10.2. The van der Waals surface area contributed by atoms with Crippen LogP contribution in [0.1, 0.15) is 11.8 Å². The zero-order valence-electron chi connectivity index (χ0n) is 18.7. The number of hydrogen-bond donors (Lipinski definition) is 2. The molecule has 1 saturated heterocycles. The highest BCUT2D eigenvalue weighted by Gasteiger charge is 2.21. The van der Waals surface area contributed by atoms with Crippen LogP contribution < -0.4 is 16.4 Å². The second-order valence-electron chi connectivity index (χ2n) is 7.55. The van der Waals surface area contributed by atoms with Gasteiger partial charge in [0.1, 0.15) is 0 Å². The predicted octanol–water partition coefficient (Wildman–Crippen LogP) is 1.84. The SMILES string of the molecule is CC(C=CC(=CN)c1cc2nc(-c3cnc(N)nc3)nc(N3CCOCC3)c2s1)=NS(C)(=O)=O. The lowest BCUT2D eigenvalue weighted by Gasteiger charge is -2.28. The number of sulfonamides is 1. The first-order valence-electron chi connectivity index (χ1n) is 10.3. The van der Waals surface area contributed by atoms with Crippen molar-refractivity contribution in [2.75, 3.05) is 43.2 Å². The molecule has 0 spiro atoms. The molecule has 34 heavy (non-hydrogen) atoms. The molecule has 4 heterocycles. The molecular weight excluding hydrogens is 476 g/mol. The Morgan fingerprint density at radius 1 is 1.21 bits per heavy atom. The molecule has 0 radical (unpaired) electrons. The molecule has 0 aliphatic carbocycles. The Labute approximate surface area is 201 Å². The van der Waals surface area contributed by atoms with Gasteiger partial charge in [0.25, 0.3) is 0 Å². The number of nitrogen functional groups attached to an aromatic ring is 1. The molecular formula is C21H24N8O3S2. The van der Waals surface area contributed by atoms with Crippen LogP contribution in [0.5, 0.6) is 0 Å². The molecule has 0 amide bonds. The number of nitrogens with two attached hydrogens (primary N) is 2. The van der Waals surface area contributed by atoms with Gasteiger partial charge in [-0.05, 0) is 19.1 Å². The molecule has 1 fully saturated rings. The van der Waals surface area contributed by atoms with Crippen LogP contribution in [0, 0.1) is 0 Å². The van der Waals surface area contributed by atoms with E-state index < -0.39 is 10.0 Å². The smallest absolute Gasteiger partial charge is 0.250 e. The summed E-state index contributed by atoms with van der Waals surface area (Å²) in [6.45, 7) is 4.24. The number of aromatic nitrogens is 4. The van der Waals surface area contributed by atoms with Crippen molar-refractivity contribution in [3.63, 3.8) is 0 Å². The molecule has 0 atom stereocenters. The van der Waals surface area contributed by atoms with Gasteiger partial charge in [-0.3, -0.25) is 0 Å². The largest absolute Gasteiger partial charge is 0.404 e. The summed E-state index contributed by atoms with van der Waals surface area (Å²) in [4.78, 5) is 20.7. The molecule has 178 valence electrons. The van der Waals surface area contributed by atoms with E-state index in [1.165, 1.54) is 17.5 Å². The second-order valence-corrected chi connectivity index (χ2v) is 10.2. The van der Waals surface area contributed by atoms with Crippen molar-refractivity contribution in [1.82, 2.24) is 19.9 Å². The maximum atomic E-state index is 11.4. The van der Waals surface area contributed by atoms with Crippen LogP contribution >= 0.6 is 11.3 Å². The molecule has 1 aliphatic heterocycles. The molecule has 1 aliphatic rings. The molecule has 4 rings (SSSR count). The van der Waals surface area contributed by atoms with Crippen LogP contribution in [0.25, 0.3) is 27.2 Å². The minimum atomic E-state index is -3.48. The monoisotopic (exact) mass is 500 g/mol. The van der Waals surface area contributed by atoms with Gasteiger partial charge in [-0.2, -0.15) is 4.40 Å². The topological polar surface area (TPSA) is 163 Å². The summed E-state index contributed by atoms with van der Waals surface area (Å²) in [5.41, 5.74) is 14.0. The van der Waals surface area contributed by atoms with Gasteiger partial charge in [-0.25, -0.2) is 28.4 Å². The average Bonchev–Trinajstić information content (AvgIpc) is 3.22. The van der Waals surface area contributed by atoms with Gasteiger partial charge in [0.2, 0.25) is 16.0 Å². The van der Waals surface area contributed by atoms with Crippen molar-refractivity contribution in [1.29, 1.82) is 0 Å². The summed E-state index contributed by atoms with van der Waals surface area (Å²) in [6.07, 6.45) is 9.04. The third kappa shape index (κ3) is 5.55. The highest BCUT2D eigenvalue weighted by Crippen LogP contribution is 2.37. The number of morpholine rings is 1. The lowest BCUT2D eigenvalue weighted by molar-refractivity contribution is 0.122. The molecule has 3 aromatic heterocycles. The Morgan fingerprint density at radius 2 is 1.91 bits per heavy atom. The zero-order valence-corrected chi connectivity index (χ0v) is 20.3. The van der Waals surface area contributed by atoms with Crippen molar-refractivity contribution >= 4 is 54.6 Å². The third-order valence-corrected chi connectivity index (χ3v) is 6.66. The van der Waals surface area contributed by atoms with Gasteiger partial charge in [0, 0.05) is 42.1 Å². The van der Waals surface area contributed by atoms with Crippen molar-refractivity contribution in [3.05, 3.63) is 41.7 Å². The van der Waals surface area contributed by atoms with Crippen LogP contribution in [-0.4, -0.2) is 66.6 Å². The average molecular weight is 501 g/mol. The molecule has 0 aromatic carbocycles. The van der Waals surface area contributed by atoms with Gasteiger partial charge < -0.3 is 21.1 Å². The highest BCUT2D eigenvalue weighted by atomic mass is 32.2. The van der Waals surface area contributed by atoms with Gasteiger partial charge in [-0.1, -0.05) is 6.08 Å². The van der Waals surface area contributed by atoms with E-state index in [0.717, 1.165) is 27.2 Å². The normalized spacial score (nSPS) is 16.0. The lowest BCUT2D eigenvalue weighted by Crippen LogP contribution is -2.36. The Morgan fingerprint density at radius 3 is 2.56 bits per heavy atom. The van der Waals surface area contributed by atoms with Gasteiger partial charge in [0.05, 0.1) is 41.0 Å². The van der Waals surface area contributed by atoms with Gasteiger partial charge in [-0.15, -0.1) is 11.3 Å². The summed E-state index contributed by atoms with van der Waals surface area (Å²) >= 11 is 1.50. The van der Waals surface area contributed by atoms with E-state index in [9.17, 15) is 8.42 Å². The third-order valence-electron chi connectivity index (χ3n) is 4.87. The Kier molecular flexibility index (Phi) is 6.86. The summed E-state index contributed by atoms with van der Waals surface area (Å²) in [5, 5.41) is 0. The first-order valence-corrected chi connectivity index (χ1v) is 13.0. The molecule has 4 N–H and O–H groups in total. The first-order chi connectivity index (χ1) is 16.2. The quantitative estimate of drug-likeness (QED) is 0.377. The Hall–Kier alpha value is -3.42. The maximum absolute atomic E-state index is 11.4. The van der Waals surface area contributed by atoms with Crippen LogP contribution in [0.2, 0.25) is 0 Å². The van der Waals surface area contributed by atoms with E-state index in [1.54, 1.807) is 31.5 Å². The standard InChI is InChI=1S/C21H24N8O3S2/c1-13(28-34(2,30)31)3-4-14(10-22)17-9-16-18(33-17)20(29-5-7-32-8-6-29)27-19(26-16)15-11-24-21(23)25-12-15/h3-4,9-12H,5-8,22H2,1-2H3,(H2,23,24,25). The zero-order chi connectivity index (χ0) is 24.3. The van der Waals surface area contributed by atoms with Crippen molar-refractivity contribution in [3.8, 4) is 11.4 Å². The number of ether oxygens (including phenoxy) is 1. The number of rotatable bonds is 6. The van der Waals surface area contributed by atoms with E-state index in [4.69, 9.17) is 26.2 Å². The molecule has 3 aromatic rings. The minimum Gasteiger partial charge on any atom is -0.404 e. The van der Waals surface area contributed by atoms with E-state index in [1.807, 2.05) is 6.07 Å². The van der Waals surface area contributed by atoms with E-state index >= 15 is 0 Å².